The molecule has 3 fully saturated rings. The lowest BCUT2D eigenvalue weighted by Gasteiger charge is -2.44. The molecular weight excluding hydrogens is 399 g/mol. The van der Waals surface area contributed by atoms with Crippen molar-refractivity contribution in [2.75, 3.05) is 0 Å². The summed E-state index contributed by atoms with van der Waals surface area (Å²) in [5, 5.41) is 20.5. The number of aliphatic hydroxyl groups excluding tert-OH is 1. The Balaban J connectivity index is 1.72. The number of hydrogen-bond acceptors (Lipinski definition) is 2. The first kappa shape index (κ1) is 25.4. The minimum absolute atomic E-state index is 0.176. The second-order valence-electron chi connectivity index (χ2n) is 11.0. The van der Waals surface area contributed by atoms with Crippen LogP contribution in [-0.2, 0) is 0 Å². The quantitative estimate of drug-likeness (QED) is 0.406. The molecule has 0 heterocycles. The summed E-state index contributed by atoms with van der Waals surface area (Å²) in [6.45, 7) is 12.9. The average molecular weight is 445 g/mol. The highest BCUT2D eigenvalue weighted by atomic mass is 19.1. The van der Waals surface area contributed by atoms with Crippen LogP contribution in [-0.4, -0.2) is 28.1 Å². The Hall–Kier alpha value is -1.19. The van der Waals surface area contributed by atoms with Crippen LogP contribution in [0.15, 0.2) is 47.6 Å². The highest BCUT2D eigenvalue weighted by Crippen LogP contribution is 2.59. The number of hydrogen-bond donors (Lipinski definition) is 2. The van der Waals surface area contributed by atoms with Crippen LogP contribution >= 0.6 is 0 Å². The molecule has 0 bridgehead atoms. The maximum Gasteiger partial charge on any atom is 0.127 e. The fourth-order valence-electron chi connectivity index (χ4n) is 6.80. The molecule has 3 aliphatic carbocycles. The van der Waals surface area contributed by atoms with Gasteiger partial charge in [-0.2, -0.15) is 0 Å². The third-order valence-corrected chi connectivity index (χ3v) is 9.11. The fraction of sp³-hybridized carbons (Fsp3) is 0.724. The van der Waals surface area contributed by atoms with E-state index in [2.05, 4.69) is 32.6 Å². The molecule has 1 unspecified atom stereocenters. The van der Waals surface area contributed by atoms with Gasteiger partial charge in [0, 0.05) is 6.42 Å². The zero-order valence-corrected chi connectivity index (χ0v) is 20.7. The summed E-state index contributed by atoms with van der Waals surface area (Å²) in [5.74, 6) is 1.87. The SMILES string of the molecule is C=C1/C(=C\C=C2/CCC[C@]3(C)C([C@@H](C)C/C=C/C(O)(CC)CC)CC[C@@H]23)C[C@@H](O)C[C@@H]1F. The molecule has 0 aromatic rings. The molecule has 0 spiro atoms. The van der Waals surface area contributed by atoms with Gasteiger partial charge in [0.15, 0.2) is 0 Å². The number of alkyl halides is 1. The number of aliphatic hydroxyl groups is 2. The van der Waals surface area contributed by atoms with E-state index in [0.717, 1.165) is 31.3 Å². The molecule has 0 saturated heterocycles. The van der Waals surface area contributed by atoms with E-state index in [9.17, 15) is 14.6 Å². The van der Waals surface area contributed by atoms with E-state index in [1.807, 2.05) is 26.0 Å². The van der Waals surface area contributed by atoms with Crippen LogP contribution in [0.25, 0.3) is 0 Å². The van der Waals surface area contributed by atoms with E-state index >= 15 is 0 Å². The van der Waals surface area contributed by atoms with Gasteiger partial charge in [-0.1, -0.05) is 64.2 Å². The Morgan fingerprint density at radius 2 is 1.97 bits per heavy atom. The molecule has 0 radical (unpaired) electrons. The summed E-state index contributed by atoms with van der Waals surface area (Å²) in [7, 11) is 0. The minimum atomic E-state index is -1.12. The van der Waals surface area contributed by atoms with E-state index in [4.69, 9.17) is 0 Å². The lowest BCUT2D eigenvalue weighted by Crippen LogP contribution is -2.36. The normalized spacial score (nSPS) is 37.4. The summed E-state index contributed by atoms with van der Waals surface area (Å²) in [4.78, 5) is 0. The highest BCUT2D eigenvalue weighted by Gasteiger charge is 2.50. The van der Waals surface area contributed by atoms with Crippen LogP contribution in [0.1, 0.15) is 91.9 Å². The average Bonchev–Trinajstić information content (AvgIpc) is 3.12. The molecule has 6 atom stereocenters. The Morgan fingerprint density at radius 3 is 2.66 bits per heavy atom. The summed E-state index contributed by atoms with van der Waals surface area (Å²) in [6, 6.07) is 0. The second-order valence-corrected chi connectivity index (χ2v) is 11.0. The Bertz CT molecular complexity index is 759. The van der Waals surface area contributed by atoms with Crippen molar-refractivity contribution in [2.45, 2.75) is 110 Å². The first-order chi connectivity index (χ1) is 15.1. The van der Waals surface area contributed by atoms with Gasteiger partial charge in [0.05, 0.1) is 11.7 Å². The van der Waals surface area contributed by atoms with Crippen molar-refractivity contribution in [1.82, 2.24) is 0 Å². The number of allylic oxidation sites excluding steroid dienone is 5. The minimum Gasteiger partial charge on any atom is -0.393 e. The van der Waals surface area contributed by atoms with Gasteiger partial charge in [0.1, 0.15) is 6.17 Å². The molecule has 2 nitrogen and oxygen atoms in total. The smallest absolute Gasteiger partial charge is 0.127 e. The lowest BCUT2D eigenvalue weighted by molar-refractivity contribution is 0.0813. The van der Waals surface area contributed by atoms with Gasteiger partial charge in [-0.25, -0.2) is 4.39 Å². The van der Waals surface area contributed by atoms with Gasteiger partial charge in [0.25, 0.3) is 0 Å². The van der Waals surface area contributed by atoms with Crippen LogP contribution in [0.3, 0.4) is 0 Å². The summed E-state index contributed by atoms with van der Waals surface area (Å²) in [6.07, 6.45) is 16.1. The molecule has 3 aliphatic rings. The van der Waals surface area contributed by atoms with Crippen molar-refractivity contribution in [3.63, 3.8) is 0 Å². The molecular formula is C29H45FO2. The Labute approximate surface area is 195 Å². The molecule has 3 rings (SSSR count). The van der Waals surface area contributed by atoms with Gasteiger partial charge in [-0.3, -0.25) is 0 Å². The van der Waals surface area contributed by atoms with Crippen molar-refractivity contribution in [1.29, 1.82) is 0 Å². The van der Waals surface area contributed by atoms with Crippen molar-refractivity contribution in [3.8, 4) is 0 Å². The summed E-state index contributed by atoms with van der Waals surface area (Å²) in [5.41, 5.74) is 2.59. The van der Waals surface area contributed by atoms with Gasteiger partial charge in [-0.15, -0.1) is 0 Å². The topological polar surface area (TPSA) is 40.5 Å². The van der Waals surface area contributed by atoms with E-state index in [0.29, 0.717) is 35.2 Å². The number of fused-ring (bicyclic) bond motifs is 1. The van der Waals surface area contributed by atoms with Gasteiger partial charge >= 0.3 is 0 Å². The first-order valence-electron chi connectivity index (χ1n) is 12.9. The maximum absolute atomic E-state index is 14.1. The predicted molar refractivity (Wildman–Crippen MR) is 132 cm³/mol. The maximum atomic E-state index is 14.1. The second kappa shape index (κ2) is 10.4. The van der Waals surface area contributed by atoms with Crippen LogP contribution < -0.4 is 0 Å². The Morgan fingerprint density at radius 1 is 1.25 bits per heavy atom. The lowest BCUT2D eigenvalue weighted by atomic mass is 9.61. The van der Waals surface area contributed by atoms with E-state index in [1.165, 1.54) is 31.3 Å². The third-order valence-electron chi connectivity index (χ3n) is 9.11. The molecule has 180 valence electrons. The molecule has 0 aliphatic heterocycles. The number of rotatable bonds is 7. The van der Waals surface area contributed by atoms with E-state index in [-0.39, 0.29) is 6.42 Å². The van der Waals surface area contributed by atoms with E-state index in [1.54, 1.807) is 0 Å². The van der Waals surface area contributed by atoms with Crippen LogP contribution in [0, 0.1) is 23.2 Å². The van der Waals surface area contributed by atoms with Gasteiger partial charge in [0.2, 0.25) is 0 Å². The summed E-state index contributed by atoms with van der Waals surface area (Å²) >= 11 is 0. The zero-order valence-electron chi connectivity index (χ0n) is 20.7. The van der Waals surface area contributed by atoms with Crippen LogP contribution in [0.4, 0.5) is 4.39 Å². The molecule has 3 saturated carbocycles. The van der Waals surface area contributed by atoms with Gasteiger partial charge in [-0.05, 0) is 92.1 Å². The monoisotopic (exact) mass is 444 g/mol. The highest BCUT2D eigenvalue weighted by molar-refractivity contribution is 5.38. The predicted octanol–water partition coefficient (Wildman–Crippen LogP) is 7.24. The molecule has 3 heteroatoms. The van der Waals surface area contributed by atoms with Crippen molar-refractivity contribution in [2.24, 2.45) is 23.2 Å². The van der Waals surface area contributed by atoms with Crippen molar-refractivity contribution >= 4 is 0 Å². The van der Waals surface area contributed by atoms with Crippen LogP contribution in [0.2, 0.25) is 0 Å². The first-order valence-corrected chi connectivity index (χ1v) is 12.9. The van der Waals surface area contributed by atoms with Crippen molar-refractivity contribution in [3.05, 3.63) is 47.6 Å². The molecule has 32 heavy (non-hydrogen) atoms. The largest absolute Gasteiger partial charge is 0.393 e. The van der Waals surface area contributed by atoms with Crippen molar-refractivity contribution < 1.29 is 14.6 Å². The Kier molecular flexibility index (Phi) is 8.25. The van der Waals surface area contributed by atoms with E-state index < -0.39 is 17.9 Å². The fourth-order valence-corrected chi connectivity index (χ4v) is 6.80. The molecule has 0 aromatic heterocycles. The van der Waals surface area contributed by atoms with Crippen LogP contribution in [0.5, 0.6) is 0 Å². The number of halogens is 1. The molecule has 0 aromatic carbocycles. The van der Waals surface area contributed by atoms with Gasteiger partial charge < -0.3 is 10.2 Å². The third kappa shape index (κ3) is 5.30. The summed E-state index contributed by atoms with van der Waals surface area (Å²) < 4.78 is 14.1. The zero-order chi connectivity index (χ0) is 23.5. The molecule has 2 N–H and O–H groups in total. The molecule has 0 amide bonds. The standard InChI is InChI=1S/C29H45FO2/c1-6-29(32,7-2)17-8-10-20(3)25-14-15-26-22(11-9-16-28(25,26)5)12-13-23-18-24(31)19-27(30)21(23)4/h8,12-13,17,20,24-27,31-32H,4,6-7,9-11,14-16,18-19H2,1-3,5H3/b17-8+,22-12+,23-13-/t20-,24+,25?,26-,27-,28+/m0/s1.